The lowest BCUT2D eigenvalue weighted by molar-refractivity contribution is -0.127. The molecule has 122 valence electrons. The Hall–Kier alpha value is -1.75. The minimum absolute atomic E-state index is 0.0333. The van der Waals surface area contributed by atoms with Crippen LogP contribution in [-0.4, -0.2) is 32.2 Å². The smallest absolute Gasteiger partial charge is 0.240 e. The van der Waals surface area contributed by atoms with Crippen molar-refractivity contribution in [1.29, 1.82) is 0 Å². The quantitative estimate of drug-likeness (QED) is 0.843. The van der Waals surface area contributed by atoms with Crippen molar-refractivity contribution in [3.63, 3.8) is 0 Å². The van der Waals surface area contributed by atoms with Crippen molar-refractivity contribution in [2.75, 3.05) is 20.8 Å². The van der Waals surface area contributed by atoms with Crippen LogP contribution in [0.3, 0.4) is 0 Å². The minimum Gasteiger partial charge on any atom is -0.497 e. The van der Waals surface area contributed by atoms with Crippen molar-refractivity contribution in [3.05, 3.63) is 23.8 Å². The summed E-state index contributed by atoms with van der Waals surface area (Å²) in [6.07, 6.45) is 5.49. The number of hydrogen-bond donors (Lipinski definition) is 2. The highest BCUT2D eigenvalue weighted by Gasteiger charge is 2.34. The number of nitrogens with one attached hydrogen (secondary N) is 1. The van der Waals surface area contributed by atoms with E-state index in [-0.39, 0.29) is 5.91 Å². The number of hydrogen-bond acceptors (Lipinski definition) is 4. The lowest BCUT2D eigenvalue weighted by atomic mass is 9.82. The summed E-state index contributed by atoms with van der Waals surface area (Å²) in [4.78, 5) is 12.3. The van der Waals surface area contributed by atoms with Gasteiger partial charge in [0.2, 0.25) is 5.91 Å². The summed E-state index contributed by atoms with van der Waals surface area (Å²) in [5.74, 6) is 1.55. The van der Waals surface area contributed by atoms with Crippen molar-refractivity contribution in [3.8, 4) is 11.5 Å². The third kappa shape index (κ3) is 3.91. The van der Waals surface area contributed by atoms with Crippen molar-refractivity contribution in [2.45, 2.75) is 44.1 Å². The highest BCUT2D eigenvalue weighted by molar-refractivity contribution is 5.86. The molecule has 0 aliphatic heterocycles. The molecule has 0 spiro atoms. The fourth-order valence-electron chi connectivity index (χ4n) is 2.97. The van der Waals surface area contributed by atoms with Gasteiger partial charge in [0.15, 0.2) is 0 Å². The van der Waals surface area contributed by atoms with Gasteiger partial charge in [0.25, 0.3) is 0 Å². The summed E-state index contributed by atoms with van der Waals surface area (Å²) >= 11 is 0. The fourth-order valence-corrected chi connectivity index (χ4v) is 2.97. The van der Waals surface area contributed by atoms with Gasteiger partial charge in [-0.05, 0) is 43.0 Å². The van der Waals surface area contributed by atoms with Gasteiger partial charge in [0.1, 0.15) is 11.5 Å². The van der Waals surface area contributed by atoms with Crippen LogP contribution in [0.4, 0.5) is 0 Å². The number of nitrogens with two attached hydrogens (primary N) is 1. The molecule has 0 atom stereocenters. The molecule has 5 heteroatoms. The van der Waals surface area contributed by atoms with Gasteiger partial charge in [-0.1, -0.05) is 19.3 Å². The van der Waals surface area contributed by atoms with Gasteiger partial charge in [0.05, 0.1) is 19.8 Å². The van der Waals surface area contributed by atoms with Crippen LogP contribution in [0.15, 0.2) is 18.2 Å². The standard InChI is InChI=1S/C17H26N2O3/c1-21-14-6-7-15(22-2)13(12-14)8-11-19-16(20)17(18)9-4-3-5-10-17/h6-7,12H,3-5,8-11,18H2,1-2H3,(H,19,20). The Kier molecular flexibility index (Phi) is 5.66. The normalized spacial score (nSPS) is 16.9. The van der Waals surface area contributed by atoms with E-state index in [1.165, 1.54) is 6.42 Å². The topological polar surface area (TPSA) is 73.6 Å². The van der Waals surface area contributed by atoms with Gasteiger partial charge in [-0.2, -0.15) is 0 Å². The summed E-state index contributed by atoms with van der Waals surface area (Å²) in [5, 5.41) is 2.97. The molecule has 1 saturated carbocycles. The molecule has 1 aliphatic rings. The third-order valence-corrected chi connectivity index (χ3v) is 4.37. The van der Waals surface area contributed by atoms with Gasteiger partial charge >= 0.3 is 0 Å². The molecule has 22 heavy (non-hydrogen) atoms. The van der Waals surface area contributed by atoms with Crippen molar-refractivity contribution >= 4 is 5.91 Å². The largest absolute Gasteiger partial charge is 0.497 e. The molecule has 2 rings (SSSR count). The number of methoxy groups -OCH3 is 2. The number of amides is 1. The molecule has 0 radical (unpaired) electrons. The van der Waals surface area contributed by atoms with E-state index in [0.717, 1.165) is 42.7 Å². The Balaban J connectivity index is 1.91. The van der Waals surface area contributed by atoms with Crippen LogP contribution in [-0.2, 0) is 11.2 Å². The molecule has 0 heterocycles. The van der Waals surface area contributed by atoms with E-state index < -0.39 is 5.54 Å². The zero-order valence-electron chi connectivity index (χ0n) is 13.5. The van der Waals surface area contributed by atoms with Gasteiger partial charge in [-0.25, -0.2) is 0 Å². The second kappa shape index (κ2) is 7.49. The first kappa shape index (κ1) is 16.6. The first-order chi connectivity index (χ1) is 10.6. The molecule has 1 aromatic rings. The Morgan fingerprint density at radius 3 is 2.59 bits per heavy atom. The van der Waals surface area contributed by atoms with Crippen LogP contribution in [0, 0.1) is 0 Å². The Morgan fingerprint density at radius 1 is 1.23 bits per heavy atom. The Labute approximate surface area is 132 Å². The van der Waals surface area contributed by atoms with Crippen LogP contribution >= 0.6 is 0 Å². The van der Waals surface area contributed by atoms with Crippen LogP contribution < -0.4 is 20.5 Å². The number of carbonyl (C=O) groups excluding carboxylic acids is 1. The highest BCUT2D eigenvalue weighted by Crippen LogP contribution is 2.26. The minimum atomic E-state index is -0.684. The maximum absolute atomic E-state index is 12.3. The van der Waals surface area contributed by atoms with Crippen molar-refractivity contribution < 1.29 is 14.3 Å². The predicted molar refractivity (Wildman–Crippen MR) is 86.3 cm³/mol. The molecule has 1 aromatic carbocycles. The van der Waals surface area contributed by atoms with Crippen molar-refractivity contribution in [1.82, 2.24) is 5.32 Å². The van der Waals surface area contributed by atoms with Gasteiger partial charge in [-0.3, -0.25) is 4.79 Å². The summed E-state index contributed by atoms with van der Waals surface area (Å²) < 4.78 is 10.6. The molecule has 0 unspecified atom stereocenters. The van der Waals surface area contributed by atoms with Crippen LogP contribution in [0.25, 0.3) is 0 Å². The molecule has 1 amide bonds. The summed E-state index contributed by atoms with van der Waals surface area (Å²) in [6, 6.07) is 5.67. The number of ether oxygens (including phenoxy) is 2. The highest BCUT2D eigenvalue weighted by atomic mass is 16.5. The summed E-state index contributed by atoms with van der Waals surface area (Å²) in [5.41, 5.74) is 6.55. The van der Waals surface area contributed by atoms with Gasteiger partial charge in [0, 0.05) is 6.54 Å². The monoisotopic (exact) mass is 306 g/mol. The number of benzene rings is 1. The van der Waals surface area contributed by atoms with Crippen LogP contribution in [0.2, 0.25) is 0 Å². The molecule has 5 nitrogen and oxygen atoms in total. The average Bonchev–Trinajstić information content (AvgIpc) is 2.55. The lowest BCUT2D eigenvalue weighted by Crippen LogP contribution is -2.55. The Bertz CT molecular complexity index is 511. The first-order valence-electron chi connectivity index (χ1n) is 7.87. The molecule has 0 aromatic heterocycles. The van der Waals surface area contributed by atoms with Crippen molar-refractivity contribution in [2.24, 2.45) is 5.73 Å². The maximum Gasteiger partial charge on any atom is 0.240 e. The number of carbonyl (C=O) groups is 1. The fraction of sp³-hybridized carbons (Fsp3) is 0.588. The van der Waals surface area contributed by atoms with Gasteiger partial charge < -0.3 is 20.5 Å². The van der Waals surface area contributed by atoms with E-state index in [4.69, 9.17) is 15.2 Å². The number of rotatable bonds is 6. The SMILES string of the molecule is COc1ccc(OC)c(CCNC(=O)C2(N)CCCCC2)c1. The molecule has 1 aliphatic carbocycles. The second-order valence-corrected chi connectivity index (χ2v) is 5.90. The van der Waals surface area contributed by atoms with E-state index in [0.29, 0.717) is 13.0 Å². The molecular formula is C17H26N2O3. The molecule has 0 bridgehead atoms. The predicted octanol–water partition coefficient (Wildman–Crippen LogP) is 2.02. The van der Waals surface area contributed by atoms with E-state index in [9.17, 15) is 4.79 Å². The average molecular weight is 306 g/mol. The van der Waals surface area contributed by atoms with Crippen LogP contribution in [0.5, 0.6) is 11.5 Å². The molecule has 1 fully saturated rings. The second-order valence-electron chi connectivity index (χ2n) is 5.90. The van der Waals surface area contributed by atoms with E-state index in [1.807, 2.05) is 18.2 Å². The Morgan fingerprint density at radius 2 is 1.95 bits per heavy atom. The first-order valence-corrected chi connectivity index (χ1v) is 7.87. The summed E-state index contributed by atoms with van der Waals surface area (Å²) in [7, 11) is 3.27. The molecule has 3 N–H and O–H groups in total. The lowest BCUT2D eigenvalue weighted by Gasteiger charge is -2.31. The maximum atomic E-state index is 12.3. The van der Waals surface area contributed by atoms with E-state index in [2.05, 4.69) is 5.32 Å². The molecule has 0 saturated heterocycles. The zero-order valence-corrected chi connectivity index (χ0v) is 13.5. The van der Waals surface area contributed by atoms with E-state index >= 15 is 0 Å². The zero-order chi connectivity index (χ0) is 16.0. The van der Waals surface area contributed by atoms with Gasteiger partial charge in [-0.15, -0.1) is 0 Å². The van der Waals surface area contributed by atoms with E-state index in [1.54, 1.807) is 14.2 Å². The third-order valence-electron chi connectivity index (χ3n) is 4.37. The van der Waals surface area contributed by atoms with Crippen LogP contribution in [0.1, 0.15) is 37.7 Å². The summed E-state index contributed by atoms with van der Waals surface area (Å²) in [6.45, 7) is 0.543. The molecular weight excluding hydrogens is 280 g/mol.